The van der Waals surface area contributed by atoms with Crippen molar-refractivity contribution in [1.29, 1.82) is 0 Å². The van der Waals surface area contributed by atoms with E-state index >= 15 is 0 Å². The normalized spacial score (nSPS) is 22.8. The molecular formula is C18H20ClFN2. The molecule has 0 amide bonds. The zero-order valence-electron chi connectivity index (χ0n) is 12.4. The summed E-state index contributed by atoms with van der Waals surface area (Å²) >= 11 is 0. The van der Waals surface area contributed by atoms with Gasteiger partial charge in [-0.1, -0.05) is 11.6 Å². The maximum absolute atomic E-state index is 13.6. The molecule has 2 N–H and O–H groups in total. The van der Waals surface area contributed by atoms with Gasteiger partial charge in [-0.05, 0) is 67.9 Å². The summed E-state index contributed by atoms with van der Waals surface area (Å²) in [5.74, 6) is 0.256. The number of rotatable bonds is 2. The van der Waals surface area contributed by atoms with Crippen LogP contribution in [-0.4, -0.2) is 10.5 Å². The van der Waals surface area contributed by atoms with Gasteiger partial charge in [0, 0.05) is 17.1 Å². The molecule has 116 valence electrons. The molecule has 0 spiro atoms. The number of allylic oxidation sites excluding steroid dienone is 1. The molecule has 2 aliphatic carbocycles. The molecule has 2 aliphatic rings. The van der Waals surface area contributed by atoms with Crippen LogP contribution in [0, 0.1) is 5.82 Å². The average molecular weight is 319 g/mol. The first-order valence-electron chi connectivity index (χ1n) is 7.68. The molecule has 1 aromatic heterocycles. The maximum atomic E-state index is 13.6. The van der Waals surface area contributed by atoms with Crippen molar-refractivity contribution in [3.8, 4) is 0 Å². The smallest absolute Gasteiger partial charge is 0.123 e. The predicted octanol–water partition coefficient (Wildman–Crippen LogP) is 4.48. The quantitative estimate of drug-likeness (QED) is 0.829. The Morgan fingerprint density at radius 2 is 2.05 bits per heavy atom. The molecule has 1 aromatic carbocycles. The van der Waals surface area contributed by atoms with E-state index in [0.29, 0.717) is 5.92 Å². The highest BCUT2D eigenvalue weighted by molar-refractivity contribution is 5.85. The van der Waals surface area contributed by atoms with Gasteiger partial charge < -0.3 is 5.73 Å². The SMILES string of the molecule is Cl.NC1(C2=CCC(c3ccnc4ccc(F)cc34)CC2)CC1. The van der Waals surface area contributed by atoms with Crippen LogP contribution in [0.3, 0.4) is 0 Å². The number of aromatic nitrogens is 1. The fourth-order valence-corrected chi connectivity index (χ4v) is 3.52. The summed E-state index contributed by atoms with van der Waals surface area (Å²) < 4.78 is 13.6. The first-order valence-corrected chi connectivity index (χ1v) is 7.68. The van der Waals surface area contributed by atoms with Crippen molar-refractivity contribution in [1.82, 2.24) is 4.98 Å². The third kappa shape index (κ3) is 2.64. The Labute approximate surface area is 136 Å². The lowest BCUT2D eigenvalue weighted by molar-refractivity contribution is 0.565. The van der Waals surface area contributed by atoms with Crippen LogP contribution < -0.4 is 5.73 Å². The summed E-state index contributed by atoms with van der Waals surface area (Å²) in [5, 5.41) is 0.952. The molecule has 0 saturated heterocycles. The second kappa shape index (κ2) is 5.64. The molecule has 0 aliphatic heterocycles. The molecule has 1 atom stereocenters. The Morgan fingerprint density at radius 3 is 2.73 bits per heavy atom. The fourth-order valence-electron chi connectivity index (χ4n) is 3.52. The van der Waals surface area contributed by atoms with E-state index in [1.54, 1.807) is 12.1 Å². The summed E-state index contributed by atoms with van der Waals surface area (Å²) in [6.45, 7) is 0. The number of hydrogen-bond donors (Lipinski definition) is 1. The molecule has 22 heavy (non-hydrogen) atoms. The Morgan fingerprint density at radius 1 is 1.23 bits per heavy atom. The van der Waals surface area contributed by atoms with Crippen molar-refractivity contribution in [2.24, 2.45) is 5.73 Å². The van der Waals surface area contributed by atoms with Gasteiger partial charge in [0.05, 0.1) is 5.52 Å². The van der Waals surface area contributed by atoms with E-state index in [1.807, 2.05) is 12.3 Å². The molecule has 0 bridgehead atoms. The molecule has 1 heterocycles. The molecule has 2 nitrogen and oxygen atoms in total. The van der Waals surface area contributed by atoms with Gasteiger partial charge in [-0.2, -0.15) is 0 Å². The summed E-state index contributed by atoms with van der Waals surface area (Å²) in [6.07, 6.45) is 9.59. The van der Waals surface area contributed by atoms with E-state index in [1.165, 1.54) is 17.2 Å². The predicted molar refractivity (Wildman–Crippen MR) is 89.8 cm³/mol. The molecule has 1 unspecified atom stereocenters. The molecular weight excluding hydrogens is 299 g/mol. The highest BCUT2D eigenvalue weighted by Crippen LogP contribution is 2.46. The van der Waals surface area contributed by atoms with Gasteiger partial charge in [-0.25, -0.2) is 4.39 Å². The van der Waals surface area contributed by atoms with Gasteiger partial charge in [-0.3, -0.25) is 4.98 Å². The number of nitrogens with zero attached hydrogens (tertiary/aromatic N) is 1. The summed E-state index contributed by atoms with van der Waals surface area (Å²) in [6, 6.07) is 6.89. The van der Waals surface area contributed by atoms with Crippen LogP contribution in [0.2, 0.25) is 0 Å². The van der Waals surface area contributed by atoms with Crippen molar-refractivity contribution in [3.05, 3.63) is 53.5 Å². The van der Waals surface area contributed by atoms with Crippen molar-refractivity contribution in [2.75, 3.05) is 0 Å². The number of pyridine rings is 1. The van der Waals surface area contributed by atoms with E-state index < -0.39 is 0 Å². The Balaban J connectivity index is 0.00000144. The van der Waals surface area contributed by atoms with Crippen molar-refractivity contribution in [2.45, 2.75) is 43.6 Å². The van der Waals surface area contributed by atoms with Gasteiger partial charge >= 0.3 is 0 Å². The van der Waals surface area contributed by atoms with E-state index in [4.69, 9.17) is 5.73 Å². The van der Waals surface area contributed by atoms with E-state index in [9.17, 15) is 4.39 Å². The van der Waals surface area contributed by atoms with E-state index in [-0.39, 0.29) is 23.8 Å². The van der Waals surface area contributed by atoms with Crippen LogP contribution in [0.4, 0.5) is 4.39 Å². The zero-order chi connectivity index (χ0) is 14.4. The van der Waals surface area contributed by atoms with Gasteiger partial charge in [0.25, 0.3) is 0 Å². The maximum Gasteiger partial charge on any atom is 0.123 e. The lowest BCUT2D eigenvalue weighted by atomic mass is 9.81. The number of benzene rings is 1. The summed E-state index contributed by atoms with van der Waals surface area (Å²) in [7, 11) is 0. The highest BCUT2D eigenvalue weighted by Gasteiger charge is 2.42. The largest absolute Gasteiger partial charge is 0.322 e. The van der Waals surface area contributed by atoms with Crippen LogP contribution >= 0.6 is 12.4 Å². The van der Waals surface area contributed by atoms with Crippen molar-refractivity contribution in [3.63, 3.8) is 0 Å². The van der Waals surface area contributed by atoms with Gasteiger partial charge in [0.15, 0.2) is 0 Å². The second-order valence-electron chi connectivity index (χ2n) is 6.42. The van der Waals surface area contributed by atoms with Crippen molar-refractivity contribution >= 4 is 23.3 Å². The monoisotopic (exact) mass is 318 g/mol. The molecule has 0 radical (unpaired) electrons. The lowest BCUT2D eigenvalue weighted by Crippen LogP contribution is -2.26. The number of nitrogens with two attached hydrogens (primary N) is 1. The minimum atomic E-state index is -0.192. The highest BCUT2D eigenvalue weighted by atomic mass is 35.5. The summed E-state index contributed by atoms with van der Waals surface area (Å²) in [5.41, 5.74) is 9.83. The van der Waals surface area contributed by atoms with Gasteiger partial charge in [-0.15, -0.1) is 12.4 Å². The van der Waals surface area contributed by atoms with Gasteiger partial charge in [0.2, 0.25) is 0 Å². The van der Waals surface area contributed by atoms with Crippen LogP contribution in [0.25, 0.3) is 10.9 Å². The number of fused-ring (bicyclic) bond motifs is 1. The van der Waals surface area contributed by atoms with E-state index in [2.05, 4.69) is 11.1 Å². The fraction of sp³-hybridized carbons (Fsp3) is 0.389. The van der Waals surface area contributed by atoms with Crippen molar-refractivity contribution < 1.29 is 4.39 Å². The van der Waals surface area contributed by atoms with Crippen LogP contribution in [0.5, 0.6) is 0 Å². The third-order valence-electron chi connectivity index (χ3n) is 5.02. The minimum Gasteiger partial charge on any atom is -0.322 e. The average Bonchev–Trinajstić information content (AvgIpc) is 3.26. The van der Waals surface area contributed by atoms with Gasteiger partial charge in [0.1, 0.15) is 5.82 Å². The Kier molecular flexibility index (Phi) is 3.96. The number of hydrogen-bond acceptors (Lipinski definition) is 2. The lowest BCUT2D eigenvalue weighted by Gasteiger charge is -2.26. The minimum absolute atomic E-state index is 0. The molecule has 2 aromatic rings. The Bertz CT molecular complexity index is 737. The molecule has 1 fully saturated rings. The first-order chi connectivity index (χ1) is 10.2. The zero-order valence-corrected chi connectivity index (χ0v) is 13.2. The first kappa shape index (κ1) is 15.4. The second-order valence-corrected chi connectivity index (χ2v) is 6.42. The molecule has 4 heteroatoms. The summed E-state index contributed by atoms with van der Waals surface area (Å²) in [4.78, 5) is 4.34. The number of halogens is 2. The molecule has 4 rings (SSSR count). The van der Waals surface area contributed by atoms with Crippen LogP contribution in [-0.2, 0) is 0 Å². The van der Waals surface area contributed by atoms with Crippen LogP contribution in [0.15, 0.2) is 42.1 Å². The molecule has 1 saturated carbocycles. The standard InChI is InChI=1S/C18H19FN2.ClH/c19-14-5-6-17-16(11-14)15(7-10-21-17)12-1-3-13(4-2-12)18(20)8-9-18;/h3,5-7,10-12H,1-2,4,8-9,20H2;1H. The van der Waals surface area contributed by atoms with Crippen LogP contribution in [0.1, 0.15) is 43.6 Å². The topological polar surface area (TPSA) is 38.9 Å². The van der Waals surface area contributed by atoms with E-state index in [0.717, 1.165) is 43.0 Å². The third-order valence-corrected chi connectivity index (χ3v) is 5.02. The Hall–Kier alpha value is -1.45.